The van der Waals surface area contributed by atoms with Crippen molar-refractivity contribution in [2.45, 2.75) is 37.3 Å². The highest BCUT2D eigenvalue weighted by atomic mass is 32.2. The SMILES string of the molecule is COCCNc1nc(SC)nc(NNC(=O)[C@H](CC2CCCC2)CN(O)C=O)c1F. The number of amides is 2. The Bertz CT molecular complexity index is 707. The molecule has 0 spiro atoms. The molecule has 0 bridgehead atoms. The van der Waals surface area contributed by atoms with E-state index >= 15 is 0 Å². The van der Waals surface area contributed by atoms with Gasteiger partial charge in [0.25, 0.3) is 0 Å². The Kier molecular flexibility index (Phi) is 10.0. The van der Waals surface area contributed by atoms with Crippen molar-refractivity contribution >= 4 is 35.7 Å². The van der Waals surface area contributed by atoms with E-state index in [9.17, 15) is 19.2 Å². The Morgan fingerprint density at radius 2 is 2.10 bits per heavy atom. The fourth-order valence-corrected chi connectivity index (χ4v) is 3.76. The van der Waals surface area contributed by atoms with Gasteiger partial charge in [-0.05, 0) is 18.6 Å². The molecule has 1 aromatic heterocycles. The first kappa shape index (κ1) is 24.1. The minimum Gasteiger partial charge on any atom is -0.383 e. The van der Waals surface area contributed by atoms with Gasteiger partial charge in [-0.3, -0.25) is 25.6 Å². The molecule has 1 aliphatic carbocycles. The van der Waals surface area contributed by atoms with Crippen LogP contribution in [0, 0.1) is 17.7 Å². The van der Waals surface area contributed by atoms with Crippen LogP contribution in [0.3, 0.4) is 0 Å². The molecule has 1 atom stereocenters. The molecule has 2 amide bonds. The first-order valence-corrected chi connectivity index (χ1v) is 11.0. The number of hydrogen-bond acceptors (Lipinski definition) is 9. The number of methoxy groups -OCH3 is 1. The average Bonchev–Trinajstić information content (AvgIpc) is 3.26. The van der Waals surface area contributed by atoms with E-state index in [1.165, 1.54) is 18.9 Å². The highest BCUT2D eigenvalue weighted by Crippen LogP contribution is 2.30. The van der Waals surface area contributed by atoms with Crippen LogP contribution in [0.4, 0.5) is 16.0 Å². The van der Waals surface area contributed by atoms with Crippen molar-refractivity contribution in [3.8, 4) is 0 Å². The number of nitrogens with zero attached hydrogens (tertiary/aromatic N) is 3. The van der Waals surface area contributed by atoms with Gasteiger partial charge in [0, 0.05) is 13.7 Å². The summed E-state index contributed by atoms with van der Waals surface area (Å²) < 4.78 is 19.6. The number of ether oxygens (including phenoxy) is 1. The van der Waals surface area contributed by atoms with Crippen molar-refractivity contribution < 1.29 is 23.9 Å². The van der Waals surface area contributed by atoms with Crippen LogP contribution in [0.5, 0.6) is 0 Å². The Morgan fingerprint density at radius 1 is 1.40 bits per heavy atom. The van der Waals surface area contributed by atoms with E-state index in [0.29, 0.717) is 35.7 Å². The summed E-state index contributed by atoms with van der Waals surface area (Å²) in [6, 6.07) is 0. The zero-order valence-electron chi connectivity index (χ0n) is 17.2. The summed E-state index contributed by atoms with van der Waals surface area (Å²) in [5.74, 6) is -1.67. The summed E-state index contributed by atoms with van der Waals surface area (Å²) in [6.45, 7) is 0.583. The number of aromatic nitrogens is 2. The molecular formula is C18H29FN6O4S. The third kappa shape index (κ3) is 7.26. The number of thioether (sulfide) groups is 1. The topological polar surface area (TPSA) is 129 Å². The summed E-state index contributed by atoms with van der Waals surface area (Å²) in [7, 11) is 1.54. The second kappa shape index (κ2) is 12.5. The van der Waals surface area contributed by atoms with Crippen molar-refractivity contribution in [3.63, 3.8) is 0 Å². The molecule has 1 fully saturated rings. The average molecular weight is 445 g/mol. The van der Waals surface area contributed by atoms with Gasteiger partial charge in [-0.1, -0.05) is 37.4 Å². The zero-order chi connectivity index (χ0) is 21.9. The minimum atomic E-state index is -0.742. The molecule has 0 unspecified atom stereocenters. The summed E-state index contributed by atoms with van der Waals surface area (Å²) >= 11 is 1.23. The number of carbonyl (C=O) groups is 2. The third-order valence-corrected chi connectivity index (χ3v) is 5.46. The molecule has 0 saturated heterocycles. The van der Waals surface area contributed by atoms with Crippen LogP contribution in [-0.4, -0.2) is 65.6 Å². The predicted octanol–water partition coefficient (Wildman–Crippen LogP) is 1.88. The number of hydroxylamine groups is 2. The fraction of sp³-hybridized carbons (Fsp3) is 0.667. The van der Waals surface area contributed by atoms with Gasteiger partial charge in [0.1, 0.15) is 0 Å². The van der Waals surface area contributed by atoms with Crippen LogP contribution in [-0.2, 0) is 14.3 Å². The lowest BCUT2D eigenvalue weighted by Crippen LogP contribution is -2.41. The third-order valence-electron chi connectivity index (χ3n) is 4.91. The maximum absolute atomic E-state index is 14.7. The van der Waals surface area contributed by atoms with Gasteiger partial charge in [-0.25, -0.2) is 15.0 Å². The Hall–Kier alpha value is -2.18. The lowest BCUT2D eigenvalue weighted by molar-refractivity contribution is -0.154. The number of hydrazine groups is 1. The van der Waals surface area contributed by atoms with Gasteiger partial charge in [-0.2, -0.15) is 4.39 Å². The maximum atomic E-state index is 14.7. The Balaban J connectivity index is 2.06. The molecular weight excluding hydrogens is 415 g/mol. The van der Waals surface area contributed by atoms with E-state index in [-0.39, 0.29) is 24.6 Å². The van der Waals surface area contributed by atoms with Crippen molar-refractivity contribution in [1.29, 1.82) is 0 Å². The Labute approximate surface area is 179 Å². The van der Waals surface area contributed by atoms with Crippen LogP contribution < -0.4 is 16.2 Å². The summed E-state index contributed by atoms with van der Waals surface area (Å²) in [6.07, 6.45) is 6.78. The minimum absolute atomic E-state index is 0.00635. The molecule has 1 heterocycles. The van der Waals surface area contributed by atoms with Gasteiger partial charge >= 0.3 is 0 Å². The van der Waals surface area contributed by atoms with E-state index < -0.39 is 17.6 Å². The zero-order valence-corrected chi connectivity index (χ0v) is 18.0. The predicted molar refractivity (Wildman–Crippen MR) is 111 cm³/mol. The van der Waals surface area contributed by atoms with E-state index in [4.69, 9.17) is 4.74 Å². The molecule has 0 aliphatic heterocycles. The standard InChI is InChI=1S/C18H29FN6O4S/c1-29-8-7-20-15-14(19)16(22-18(21-15)30-2)23-24-17(27)13(10-25(28)11-26)9-12-5-3-4-6-12/h11-13,28H,3-10H2,1-2H3,(H,24,27)(H2,20,21,22,23)/t13-/m1/s1. The Morgan fingerprint density at radius 3 is 2.73 bits per heavy atom. The number of carbonyl (C=O) groups excluding carboxylic acids is 2. The van der Waals surface area contributed by atoms with E-state index in [1.807, 2.05) is 0 Å². The molecule has 12 heteroatoms. The van der Waals surface area contributed by atoms with Gasteiger partial charge in [0.15, 0.2) is 16.8 Å². The molecule has 1 aromatic rings. The van der Waals surface area contributed by atoms with Crippen molar-refractivity contribution in [2.75, 3.05) is 43.8 Å². The molecule has 0 aromatic carbocycles. The largest absolute Gasteiger partial charge is 0.383 e. The van der Waals surface area contributed by atoms with Gasteiger partial charge in [0.2, 0.25) is 18.1 Å². The van der Waals surface area contributed by atoms with Crippen molar-refractivity contribution in [2.24, 2.45) is 11.8 Å². The molecule has 1 aliphatic rings. The van der Waals surface area contributed by atoms with Gasteiger partial charge in [-0.15, -0.1) is 0 Å². The summed E-state index contributed by atoms with van der Waals surface area (Å²) in [5.41, 5.74) is 4.97. The molecule has 10 nitrogen and oxygen atoms in total. The second-order valence-electron chi connectivity index (χ2n) is 7.07. The first-order chi connectivity index (χ1) is 14.5. The van der Waals surface area contributed by atoms with Crippen LogP contribution in [0.2, 0.25) is 0 Å². The number of anilines is 2. The first-order valence-electron chi connectivity index (χ1n) is 9.79. The number of rotatable bonds is 13. The smallest absolute Gasteiger partial charge is 0.243 e. The molecule has 0 radical (unpaired) electrons. The maximum Gasteiger partial charge on any atom is 0.243 e. The lowest BCUT2D eigenvalue weighted by Gasteiger charge is -2.22. The van der Waals surface area contributed by atoms with Crippen molar-refractivity contribution in [1.82, 2.24) is 20.5 Å². The number of halogens is 1. The van der Waals surface area contributed by atoms with Crippen molar-refractivity contribution in [3.05, 3.63) is 5.82 Å². The van der Waals surface area contributed by atoms with Crippen LogP contribution in [0.25, 0.3) is 0 Å². The fourth-order valence-electron chi connectivity index (χ4n) is 3.39. The molecule has 168 valence electrons. The number of nitrogens with one attached hydrogen (secondary N) is 3. The highest BCUT2D eigenvalue weighted by molar-refractivity contribution is 7.98. The monoisotopic (exact) mass is 444 g/mol. The van der Waals surface area contributed by atoms with Crippen LogP contribution in [0.1, 0.15) is 32.1 Å². The van der Waals surface area contributed by atoms with E-state index in [2.05, 4.69) is 26.1 Å². The summed E-state index contributed by atoms with van der Waals surface area (Å²) in [5, 5.41) is 13.1. The number of hydrogen-bond donors (Lipinski definition) is 4. The highest BCUT2D eigenvalue weighted by Gasteiger charge is 2.27. The van der Waals surface area contributed by atoms with E-state index in [0.717, 1.165) is 25.7 Å². The normalized spacial score (nSPS) is 14.9. The van der Waals surface area contributed by atoms with Gasteiger partial charge in [0.05, 0.1) is 19.1 Å². The van der Waals surface area contributed by atoms with Crippen LogP contribution in [0.15, 0.2) is 5.16 Å². The molecule has 4 N–H and O–H groups in total. The van der Waals surface area contributed by atoms with Gasteiger partial charge < -0.3 is 10.1 Å². The molecule has 2 rings (SSSR count). The molecule has 1 saturated carbocycles. The lowest BCUT2D eigenvalue weighted by atomic mass is 9.92. The quantitative estimate of drug-likeness (QED) is 0.0900. The summed E-state index contributed by atoms with van der Waals surface area (Å²) in [4.78, 5) is 31.6. The molecule has 30 heavy (non-hydrogen) atoms. The second-order valence-corrected chi connectivity index (χ2v) is 7.84. The van der Waals surface area contributed by atoms with E-state index in [1.54, 1.807) is 6.26 Å². The van der Waals surface area contributed by atoms with Crippen LogP contribution >= 0.6 is 11.8 Å².